The molecule has 3 N–H and O–H groups in total. The van der Waals surface area contributed by atoms with Gasteiger partial charge in [-0.2, -0.15) is 0 Å². The van der Waals surface area contributed by atoms with E-state index in [9.17, 15) is 9.90 Å². The van der Waals surface area contributed by atoms with E-state index in [1.165, 1.54) is 0 Å². The maximum absolute atomic E-state index is 12.0. The van der Waals surface area contributed by atoms with Gasteiger partial charge in [0.15, 0.2) is 0 Å². The third-order valence-electron chi connectivity index (χ3n) is 3.15. The lowest BCUT2D eigenvalue weighted by atomic mass is 10.1. The van der Waals surface area contributed by atoms with Gasteiger partial charge in [-0.3, -0.25) is 4.79 Å². The number of aliphatic hydroxyl groups excluding tert-OH is 1. The van der Waals surface area contributed by atoms with E-state index in [4.69, 9.17) is 0 Å². The lowest BCUT2D eigenvalue weighted by molar-refractivity contribution is -0.123. The second-order valence-corrected chi connectivity index (χ2v) is 5.46. The monoisotopic (exact) mass is 312 g/mol. The van der Waals surface area contributed by atoms with E-state index in [-0.39, 0.29) is 18.0 Å². The molecule has 0 spiro atoms. The Kier molecular flexibility index (Phi) is 4.37. The quantitative estimate of drug-likeness (QED) is 0.789. The molecule has 5 heteroatoms. The van der Waals surface area contributed by atoms with Crippen molar-refractivity contribution in [3.63, 3.8) is 0 Å². The van der Waals surface area contributed by atoms with Crippen molar-refractivity contribution in [1.82, 2.24) is 10.6 Å². The minimum absolute atomic E-state index is 0.0604. The first kappa shape index (κ1) is 13.5. The molecule has 1 aliphatic rings. The van der Waals surface area contributed by atoms with Gasteiger partial charge < -0.3 is 15.7 Å². The summed E-state index contributed by atoms with van der Waals surface area (Å²) in [5.74, 6) is -0.0604. The largest absolute Gasteiger partial charge is 0.392 e. The summed E-state index contributed by atoms with van der Waals surface area (Å²) >= 11 is 3.47. The van der Waals surface area contributed by atoms with Crippen molar-refractivity contribution in [2.75, 3.05) is 6.54 Å². The number of amides is 1. The van der Waals surface area contributed by atoms with Gasteiger partial charge in [0.1, 0.15) is 0 Å². The summed E-state index contributed by atoms with van der Waals surface area (Å²) in [6.45, 7) is 2.44. The molecule has 3 atom stereocenters. The van der Waals surface area contributed by atoms with E-state index < -0.39 is 6.10 Å². The molecule has 4 nitrogen and oxygen atoms in total. The van der Waals surface area contributed by atoms with Crippen LogP contribution < -0.4 is 10.6 Å². The first-order chi connectivity index (χ1) is 8.58. The van der Waals surface area contributed by atoms with Gasteiger partial charge in [0.05, 0.1) is 18.2 Å². The number of aliphatic hydroxyl groups is 1. The van der Waals surface area contributed by atoms with Crippen molar-refractivity contribution >= 4 is 21.8 Å². The molecular formula is C13H17BrN2O2. The Morgan fingerprint density at radius 3 is 2.89 bits per heavy atom. The number of hydrogen-bond donors (Lipinski definition) is 3. The molecule has 1 saturated heterocycles. The number of carbonyl (C=O) groups is 1. The minimum Gasteiger partial charge on any atom is -0.392 e. The number of rotatable bonds is 3. The van der Waals surface area contributed by atoms with Gasteiger partial charge in [0, 0.05) is 11.0 Å². The molecule has 0 unspecified atom stereocenters. The molecule has 1 aromatic carbocycles. The number of nitrogens with one attached hydrogen (secondary N) is 2. The van der Waals surface area contributed by atoms with Gasteiger partial charge in [-0.1, -0.05) is 34.1 Å². The van der Waals surface area contributed by atoms with Crippen LogP contribution in [0.5, 0.6) is 0 Å². The Morgan fingerprint density at radius 2 is 2.28 bits per heavy atom. The topological polar surface area (TPSA) is 61.4 Å². The van der Waals surface area contributed by atoms with Crippen LogP contribution in [0.25, 0.3) is 0 Å². The van der Waals surface area contributed by atoms with E-state index in [1.54, 1.807) is 0 Å². The van der Waals surface area contributed by atoms with Gasteiger partial charge in [0.2, 0.25) is 5.91 Å². The minimum atomic E-state index is -0.417. The van der Waals surface area contributed by atoms with Crippen LogP contribution >= 0.6 is 15.9 Å². The van der Waals surface area contributed by atoms with Crippen molar-refractivity contribution in [3.05, 3.63) is 34.3 Å². The molecular weight excluding hydrogens is 296 g/mol. The average molecular weight is 313 g/mol. The fourth-order valence-electron chi connectivity index (χ4n) is 2.13. The molecule has 1 fully saturated rings. The van der Waals surface area contributed by atoms with Crippen LogP contribution in [0.3, 0.4) is 0 Å². The molecule has 0 aliphatic carbocycles. The maximum atomic E-state index is 12.0. The third kappa shape index (κ3) is 3.10. The lowest BCUT2D eigenvalue weighted by Crippen LogP contribution is -2.41. The van der Waals surface area contributed by atoms with E-state index in [2.05, 4.69) is 26.6 Å². The molecule has 1 aromatic rings. The Bertz CT molecular complexity index is 439. The number of β-amino-alcohol motifs (C(OH)–C–C–N with tert-alkyl or cyclic N) is 1. The Morgan fingerprint density at radius 1 is 1.56 bits per heavy atom. The van der Waals surface area contributed by atoms with Gasteiger partial charge in [-0.15, -0.1) is 0 Å². The predicted molar refractivity (Wildman–Crippen MR) is 73.1 cm³/mol. The van der Waals surface area contributed by atoms with Crippen LogP contribution in [0.2, 0.25) is 0 Å². The van der Waals surface area contributed by atoms with Crippen LogP contribution in [-0.4, -0.2) is 29.7 Å². The summed E-state index contributed by atoms with van der Waals surface area (Å²) in [6, 6.07) is 7.47. The smallest absolute Gasteiger partial charge is 0.237 e. The van der Waals surface area contributed by atoms with Crippen molar-refractivity contribution in [2.24, 2.45) is 0 Å². The van der Waals surface area contributed by atoms with E-state index in [1.807, 2.05) is 31.2 Å². The molecule has 0 radical (unpaired) electrons. The molecule has 0 bridgehead atoms. The van der Waals surface area contributed by atoms with Crippen molar-refractivity contribution < 1.29 is 9.90 Å². The molecule has 98 valence electrons. The first-order valence-electron chi connectivity index (χ1n) is 6.04. The molecule has 1 heterocycles. The van der Waals surface area contributed by atoms with E-state index in [0.29, 0.717) is 13.0 Å². The Hall–Kier alpha value is -0.910. The fourth-order valence-corrected chi connectivity index (χ4v) is 2.76. The Balaban J connectivity index is 1.97. The highest BCUT2D eigenvalue weighted by Gasteiger charge is 2.28. The molecule has 1 aliphatic heterocycles. The maximum Gasteiger partial charge on any atom is 0.237 e. The number of hydrogen-bond acceptors (Lipinski definition) is 3. The van der Waals surface area contributed by atoms with E-state index in [0.717, 1.165) is 10.0 Å². The fraction of sp³-hybridized carbons (Fsp3) is 0.462. The normalized spacial score (nSPS) is 24.8. The van der Waals surface area contributed by atoms with Gasteiger partial charge in [-0.05, 0) is 25.0 Å². The second-order valence-electron chi connectivity index (χ2n) is 4.60. The molecule has 0 saturated carbocycles. The van der Waals surface area contributed by atoms with Gasteiger partial charge in [0.25, 0.3) is 0 Å². The average Bonchev–Trinajstić information content (AvgIpc) is 2.76. The molecule has 18 heavy (non-hydrogen) atoms. The Labute approximate surface area is 115 Å². The zero-order valence-electron chi connectivity index (χ0n) is 10.2. The third-order valence-corrected chi connectivity index (χ3v) is 3.88. The summed E-state index contributed by atoms with van der Waals surface area (Å²) in [7, 11) is 0. The number of halogens is 1. The highest BCUT2D eigenvalue weighted by Crippen LogP contribution is 2.23. The first-order valence-corrected chi connectivity index (χ1v) is 6.83. The SMILES string of the molecule is C[C@H](NC(=O)[C@H]1C[C@H](O)CN1)c1ccccc1Br. The summed E-state index contributed by atoms with van der Waals surface area (Å²) in [5.41, 5.74) is 1.05. The molecule has 0 aromatic heterocycles. The lowest BCUT2D eigenvalue weighted by Gasteiger charge is -2.18. The van der Waals surface area contributed by atoms with Crippen LogP contribution in [-0.2, 0) is 4.79 Å². The highest BCUT2D eigenvalue weighted by atomic mass is 79.9. The zero-order valence-corrected chi connectivity index (χ0v) is 11.8. The second kappa shape index (κ2) is 5.82. The van der Waals surface area contributed by atoms with Gasteiger partial charge >= 0.3 is 0 Å². The summed E-state index contributed by atoms with van der Waals surface area (Å²) in [4.78, 5) is 12.0. The van der Waals surface area contributed by atoms with Gasteiger partial charge in [-0.25, -0.2) is 0 Å². The van der Waals surface area contributed by atoms with Crippen LogP contribution in [0.15, 0.2) is 28.7 Å². The number of benzene rings is 1. The predicted octanol–water partition coefficient (Wildman–Crippen LogP) is 1.35. The zero-order chi connectivity index (χ0) is 13.1. The van der Waals surface area contributed by atoms with Crippen LogP contribution in [0, 0.1) is 0 Å². The van der Waals surface area contributed by atoms with Crippen LogP contribution in [0.4, 0.5) is 0 Å². The number of carbonyl (C=O) groups excluding carboxylic acids is 1. The van der Waals surface area contributed by atoms with E-state index >= 15 is 0 Å². The van der Waals surface area contributed by atoms with Crippen molar-refractivity contribution in [1.29, 1.82) is 0 Å². The van der Waals surface area contributed by atoms with Crippen LogP contribution in [0.1, 0.15) is 24.9 Å². The molecule has 1 amide bonds. The van der Waals surface area contributed by atoms with Crippen molar-refractivity contribution in [3.8, 4) is 0 Å². The summed E-state index contributed by atoms with van der Waals surface area (Å²) < 4.78 is 0.984. The summed E-state index contributed by atoms with van der Waals surface area (Å²) in [5, 5.41) is 15.4. The summed E-state index contributed by atoms with van der Waals surface area (Å²) in [6.07, 6.45) is 0.0636. The standard InChI is InChI=1S/C13H17BrN2O2/c1-8(10-4-2-3-5-11(10)14)16-13(18)12-6-9(17)7-15-12/h2-5,8-9,12,15,17H,6-7H2,1H3,(H,16,18)/t8-,9-,12+/m0/s1. The molecule has 2 rings (SSSR count). The highest BCUT2D eigenvalue weighted by molar-refractivity contribution is 9.10. The van der Waals surface area contributed by atoms with Crippen molar-refractivity contribution in [2.45, 2.75) is 31.5 Å².